The molecule has 0 aliphatic heterocycles. The zero-order valence-electron chi connectivity index (χ0n) is 24.6. The lowest BCUT2D eigenvalue weighted by Crippen LogP contribution is -2.55. The summed E-state index contributed by atoms with van der Waals surface area (Å²) in [5.74, 6) is -0.328. The summed E-state index contributed by atoms with van der Waals surface area (Å²) in [4.78, 5) is 29.0. The van der Waals surface area contributed by atoms with Crippen LogP contribution in [-0.2, 0) is 26.2 Å². The molecule has 1 atom stereocenters. The molecule has 42 heavy (non-hydrogen) atoms. The first-order valence-corrected chi connectivity index (χ1v) is 15.6. The summed E-state index contributed by atoms with van der Waals surface area (Å²) in [7, 11) is -2.69. The summed E-state index contributed by atoms with van der Waals surface area (Å²) in [6.07, 6.45) is 0.301. The Morgan fingerprint density at radius 1 is 0.976 bits per heavy atom. The fraction of sp³-hybridized carbons (Fsp3) is 0.355. The van der Waals surface area contributed by atoms with Crippen LogP contribution in [0.5, 0.6) is 5.75 Å². The van der Waals surface area contributed by atoms with Gasteiger partial charge in [-0.05, 0) is 82.1 Å². The molecule has 0 fully saturated rings. The van der Waals surface area contributed by atoms with Crippen molar-refractivity contribution in [2.45, 2.75) is 64.1 Å². The summed E-state index contributed by atoms with van der Waals surface area (Å²) in [6.45, 7) is 8.67. The van der Waals surface area contributed by atoms with Crippen molar-refractivity contribution in [1.82, 2.24) is 10.2 Å². The molecule has 0 aliphatic carbocycles. The third-order valence-corrected chi connectivity index (χ3v) is 8.98. The number of amides is 2. The lowest BCUT2D eigenvalue weighted by molar-refractivity contribution is -0.141. The number of sulfonamides is 1. The Labute approximate surface area is 258 Å². The predicted molar refractivity (Wildman–Crippen MR) is 168 cm³/mol. The van der Waals surface area contributed by atoms with Gasteiger partial charge in [-0.1, -0.05) is 60.0 Å². The molecule has 0 saturated heterocycles. The van der Waals surface area contributed by atoms with Crippen molar-refractivity contribution in [3.63, 3.8) is 0 Å². The van der Waals surface area contributed by atoms with Gasteiger partial charge in [-0.15, -0.1) is 0 Å². The smallest absolute Gasteiger partial charge is 0.264 e. The van der Waals surface area contributed by atoms with Crippen LogP contribution < -0.4 is 14.4 Å². The van der Waals surface area contributed by atoms with Gasteiger partial charge in [0.15, 0.2) is 0 Å². The van der Waals surface area contributed by atoms with E-state index in [1.165, 1.54) is 35.2 Å². The number of methoxy groups -OCH3 is 1. The van der Waals surface area contributed by atoms with Gasteiger partial charge in [0, 0.05) is 12.1 Å². The number of aryl methyl sites for hydroxylation is 1. The Balaban J connectivity index is 2.11. The highest BCUT2D eigenvalue weighted by atomic mass is 35.5. The molecule has 0 saturated carbocycles. The first-order valence-electron chi connectivity index (χ1n) is 13.4. The maximum atomic E-state index is 14.2. The maximum Gasteiger partial charge on any atom is 0.264 e. The zero-order valence-corrected chi connectivity index (χ0v) is 27.0. The second kappa shape index (κ2) is 13.8. The number of carbonyl (C=O) groups excluding carboxylic acids is 2. The van der Waals surface area contributed by atoms with E-state index in [0.29, 0.717) is 17.7 Å². The molecule has 0 radical (unpaired) electrons. The molecule has 0 heterocycles. The summed E-state index contributed by atoms with van der Waals surface area (Å²) < 4.78 is 34.3. The van der Waals surface area contributed by atoms with E-state index in [9.17, 15) is 18.0 Å². The number of halogens is 2. The van der Waals surface area contributed by atoms with E-state index in [1.54, 1.807) is 44.4 Å². The SMILES string of the molecule is CCC(C(=O)NC(C)(C)C)N(Cc1cccc(OC)c1)C(=O)CN(c1ccc(Cl)c(Cl)c1)S(=O)(=O)c1ccc(C)cc1. The van der Waals surface area contributed by atoms with Crippen LogP contribution in [0.1, 0.15) is 45.2 Å². The molecule has 3 aromatic carbocycles. The molecular formula is C31H37Cl2N3O5S. The standard InChI is InChI=1S/C31H37Cl2N3O5S/c1-7-28(30(38)34-31(3,4)5)35(19-22-9-8-10-24(17-22)41-6)29(37)20-36(23-13-16-26(32)27(33)18-23)42(39,40)25-14-11-21(2)12-15-25/h8-18,28H,7,19-20H2,1-6H3,(H,34,38). The molecule has 0 bridgehead atoms. The average molecular weight is 635 g/mol. The highest BCUT2D eigenvalue weighted by Gasteiger charge is 2.34. The number of rotatable bonds is 11. The maximum absolute atomic E-state index is 14.2. The lowest BCUT2D eigenvalue weighted by Gasteiger charge is -2.35. The van der Waals surface area contributed by atoms with Crippen molar-refractivity contribution in [2.75, 3.05) is 18.0 Å². The molecule has 8 nitrogen and oxygen atoms in total. The molecule has 0 aromatic heterocycles. The van der Waals surface area contributed by atoms with Gasteiger partial charge in [0.25, 0.3) is 10.0 Å². The van der Waals surface area contributed by atoms with Crippen molar-refractivity contribution in [2.24, 2.45) is 0 Å². The third-order valence-electron chi connectivity index (χ3n) is 6.45. The monoisotopic (exact) mass is 633 g/mol. The Morgan fingerprint density at radius 3 is 2.21 bits per heavy atom. The molecule has 1 unspecified atom stereocenters. The number of carbonyl (C=O) groups is 2. The van der Waals surface area contributed by atoms with Crippen molar-refractivity contribution in [3.05, 3.63) is 87.9 Å². The highest BCUT2D eigenvalue weighted by Crippen LogP contribution is 2.31. The van der Waals surface area contributed by atoms with Gasteiger partial charge < -0.3 is 15.0 Å². The summed E-state index contributed by atoms with van der Waals surface area (Å²) in [5.41, 5.74) is 1.21. The van der Waals surface area contributed by atoms with Crippen molar-refractivity contribution in [1.29, 1.82) is 0 Å². The summed E-state index contributed by atoms with van der Waals surface area (Å²) >= 11 is 12.4. The number of ether oxygens (including phenoxy) is 1. The quantitative estimate of drug-likeness (QED) is 0.270. The van der Waals surface area contributed by atoms with E-state index in [0.717, 1.165) is 9.87 Å². The second-order valence-corrected chi connectivity index (χ2v) is 13.6. The van der Waals surface area contributed by atoms with Gasteiger partial charge >= 0.3 is 0 Å². The molecule has 226 valence electrons. The van der Waals surface area contributed by atoms with E-state index in [4.69, 9.17) is 27.9 Å². The second-order valence-electron chi connectivity index (χ2n) is 11.0. The van der Waals surface area contributed by atoms with Crippen LogP contribution in [-0.4, -0.2) is 50.4 Å². The largest absolute Gasteiger partial charge is 0.497 e. The van der Waals surface area contributed by atoms with Crippen LogP contribution >= 0.6 is 23.2 Å². The van der Waals surface area contributed by atoms with Crippen LogP contribution in [0.25, 0.3) is 0 Å². The molecule has 11 heteroatoms. The normalized spacial score (nSPS) is 12.4. The van der Waals surface area contributed by atoms with Crippen molar-refractivity contribution in [3.8, 4) is 5.75 Å². The first-order chi connectivity index (χ1) is 19.7. The lowest BCUT2D eigenvalue weighted by atomic mass is 10.1. The molecule has 3 rings (SSSR count). The fourth-order valence-electron chi connectivity index (χ4n) is 4.35. The van der Waals surface area contributed by atoms with Gasteiger partial charge in [0.05, 0.1) is 27.7 Å². The van der Waals surface area contributed by atoms with Gasteiger partial charge in [-0.25, -0.2) is 8.42 Å². The van der Waals surface area contributed by atoms with Gasteiger partial charge in [-0.3, -0.25) is 13.9 Å². The molecular weight excluding hydrogens is 597 g/mol. The molecule has 3 aromatic rings. The Kier molecular flexibility index (Phi) is 10.9. The molecule has 2 amide bonds. The fourth-order valence-corrected chi connectivity index (χ4v) is 6.04. The molecule has 1 N–H and O–H groups in total. The van der Waals surface area contributed by atoms with E-state index in [-0.39, 0.29) is 33.1 Å². The first kappa shape index (κ1) is 33.2. The van der Waals surface area contributed by atoms with Gasteiger partial charge in [-0.2, -0.15) is 0 Å². The van der Waals surface area contributed by atoms with E-state index >= 15 is 0 Å². The van der Waals surface area contributed by atoms with Crippen LogP contribution in [0.15, 0.2) is 71.6 Å². The van der Waals surface area contributed by atoms with Crippen molar-refractivity contribution < 1.29 is 22.7 Å². The topological polar surface area (TPSA) is 96.0 Å². The van der Waals surface area contributed by atoms with E-state index < -0.39 is 34.1 Å². The Morgan fingerprint density at radius 2 is 1.64 bits per heavy atom. The third kappa shape index (κ3) is 8.40. The Bertz CT molecular complexity index is 1520. The number of nitrogens with zero attached hydrogens (tertiary/aromatic N) is 2. The predicted octanol–water partition coefficient (Wildman–Crippen LogP) is 6.23. The van der Waals surface area contributed by atoms with E-state index in [1.807, 2.05) is 33.8 Å². The van der Waals surface area contributed by atoms with Gasteiger partial charge in [0.1, 0.15) is 18.3 Å². The number of hydrogen-bond acceptors (Lipinski definition) is 5. The minimum atomic E-state index is -4.23. The number of anilines is 1. The number of nitrogens with one attached hydrogen (secondary N) is 1. The van der Waals surface area contributed by atoms with Gasteiger partial charge in [0.2, 0.25) is 11.8 Å². The molecule has 0 spiro atoms. The van der Waals surface area contributed by atoms with Crippen LogP contribution in [0, 0.1) is 6.92 Å². The minimum absolute atomic E-state index is 0.00355. The summed E-state index contributed by atoms with van der Waals surface area (Å²) in [6, 6.07) is 17.0. The average Bonchev–Trinajstić information content (AvgIpc) is 2.92. The summed E-state index contributed by atoms with van der Waals surface area (Å²) in [5, 5.41) is 3.33. The van der Waals surface area contributed by atoms with Crippen molar-refractivity contribution >= 4 is 50.7 Å². The zero-order chi connectivity index (χ0) is 31.2. The highest BCUT2D eigenvalue weighted by molar-refractivity contribution is 7.92. The van der Waals surface area contributed by atoms with Crippen LogP contribution in [0.2, 0.25) is 10.0 Å². The van der Waals surface area contributed by atoms with E-state index in [2.05, 4.69) is 5.32 Å². The minimum Gasteiger partial charge on any atom is -0.497 e. The number of hydrogen-bond donors (Lipinski definition) is 1. The van der Waals surface area contributed by atoms with Crippen LogP contribution in [0.4, 0.5) is 5.69 Å². The molecule has 0 aliphatic rings. The Hall–Kier alpha value is -3.27. The van der Waals surface area contributed by atoms with Crippen LogP contribution in [0.3, 0.4) is 0 Å². The number of benzene rings is 3.